The largest absolute Gasteiger partial charge is 0.489 e. The second-order valence-electron chi connectivity index (χ2n) is 4.92. The number of hydrogen-bond acceptors (Lipinski definition) is 4. The molecule has 0 radical (unpaired) electrons. The Hall–Kier alpha value is -1.88. The van der Waals surface area contributed by atoms with E-state index in [4.69, 9.17) is 9.47 Å². The predicted molar refractivity (Wildman–Crippen MR) is 80.1 cm³/mol. The van der Waals surface area contributed by atoms with Crippen molar-refractivity contribution in [1.29, 1.82) is 0 Å². The van der Waals surface area contributed by atoms with Crippen molar-refractivity contribution >= 4 is 0 Å². The molecule has 1 unspecified atom stereocenters. The fourth-order valence-electron chi connectivity index (χ4n) is 2.08. The summed E-state index contributed by atoms with van der Waals surface area (Å²) in [7, 11) is 1.48. The van der Waals surface area contributed by atoms with Gasteiger partial charge < -0.3 is 19.7 Å². The maximum atomic E-state index is 10.4. The molecule has 0 fully saturated rings. The highest BCUT2D eigenvalue weighted by atomic mass is 16.5. The van der Waals surface area contributed by atoms with Crippen molar-refractivity contribution in [2.75, 3.05) is 20.3 Å². The van der Waals surface area contributed by atoms with E-state index < -0.39 is 12.2 Å². The molecular weight excluding hydrogens is 268 g/mol. The summed E-state index contributed by atoms with van der Waals surface area (Å²) < 4.78 is 10.7. The molecule has 0 aliphatic carbocycles. The highest BCUT2D eigenvalue weighted by Crippen LogP contribution is 2.25. The molecule has 4 nitrogen and oxygen atoms in total. The van der Waals surface area contributed by atoms with Gasteiger partial charge in [0.1, 0.15) is 18.0 Å². The third kappa shape index (κ3) is 4.04. The zero-order chi connectivity index (χ0) is 15.1. The third-order valence-corrected chi connectivity index (χ3v) is 3.26. The maximum absolute atomic E-state index is 10.4. The van der Waals surface area contributed by atoms with E-state index in [-0.39, 0.29) is 6.61 Å². The van der Waals surface area contributed by atoms with Gasteiger partial charge in [-0.25, -0.2) is 0 Å². The summed E-state index contributed by atoms with van der Waals surface area (Å²) in [5.74, 6) is 0.638. The zero-order valence-electron chi connectivity index (χ0n) is 12.0. The second kappa shape index (κ2) is 7.22. The predicted octanol–water partition coefficient (Wildman–Crippen LogP) is 2.09. The molecule has 0 saturated heterocycles. The number of aliphatic hydroxyl groups excluding tert-OH is 1. The number of ether oxygens (including phenoxy) is 2. The zero-order valence-corrected chi connectivity index (χ0v) is 12.0. The lowest BCUT2D eigenvalue weighted by molar-refractivity contribution is -0.0719. The van der Waals surface area contributed by atoms with Gasteiger partial charge in [-0.2, -0.15) is 0 Å². The van der Waals surface area contributed by atoms with Crippen molar-refractivity contribution in [3.05, 3.63) is 65.7 Å². The minimum Gasteiger partial charge on any atom is -0.489 e. The van der Waals surface area contributed by atoms with E-state index in [0.29, 0.717) is 17.9 Å². The molecule has 4 heteroatoms. The Kier molecular flexibility index (Phi) is 5.33. The Labute approximate surface area is 124 Å². The smallest absolute Gasteiger partial charge is 0.136 e. The summed E-state index contributed by atoms with van der Waals surface area (Å²) in [6.45, 7) is 0.0563. The van der Waals surface area contributed by atoms with Gasteiger partial charge >= 0.3 is 0 Å². The molecular formula is C17H20O4. The third-order valence-electron chi connectivity index (χ3n) is 3.26. The van der Waals surface area contributed by atoms with Crippen LogP contribution in [-0.4, -0.2) is 30.5 Å². The summed E-state index contributed by atoms with van der Waals surface area (Å²) in [5, 5.41) is 19.8. The van der Waals surface area contributed by atoms with E-state index in [1.807, 2.05) is 36.4 Å². The first-order valence-electron chi connectivity index (χ1n) is 6.77. The van der Waals surface area contributed by atoms with Crippen LogP contribution < -0.4 is 4.74 Å². The Morgan fingerprint density at radius 2 is 1.81 bits per heavy atom. The molecule has 1 atom stereocenters. The summed E-state index contributed by atoms with van der Waals surface area (Å²) in [5.41, 5.74) is 0.218. The minimum atomic E-state index is -1.42. The van der Waals surface area contributed by atoms with Crippen molar-refractivity contribution in [3.8, 4) is 5.75 Å². The first-order chi connectivity index (χ1) is 10.2. The van der Waals surface area contributed by atoms with E-state index >= 15 is 0 Å². The lowest BCUT2D eigenvalue weighted by Crippen LogP contribution is -2.35. The van der Waals surface area contributed by atoms with Crippen LogP contribution in [0.1, 0.15) is 11.1 Å². The fourth-order valence-corrected chi connectivity index (χ4v) is 2.08. The molecule has 0 aromatic heterocycles. The number of benzene rings is 2. The average Bonchev–Trinajstić information content (AvgIpc) is 2.54. The molecule has 2 N–H and O–H groups in total. The molecule has 112 valence electrons. The van der Waals surface area contributed by atoms with Crippen LogP contribution in [0, 0.1) is 0 Å². The van der Waals surface area contributed by atoms with Crippen molar-refractivity contribution < 1.29 is 19.7 Å². The van der Waals surface area contributed by atoms with E-state index in [9.17, 15) is 10.2 Å². The van der Waals surface area contributed by atoms with Gasteiger partial charge in [0.25, 0.3) is 0 Å². The fraction of sp³-hybridized carbons (Fsp3) is 0.294. The van der Waals surface area contributed by atoms with Crippen LogP contribution in [-0.2, 0) is 16.9 Å². The van der Waals surface area contributed by atoms with Crippen molar-refractivity contribution in [2.45, 2.75) is 12.2 Å². The Balaban J connectivity index is 2.10. The highest BCUT2D eigenvalue weighted by molar-refractivity contribution is 5.33. The highest BCUT2D eigenvalue weighted by Gasteiger charge is 2.28. The standard InChI is InChI=1S/C17H20O4/c1-20-13-17(19,12-18)15-8-5-9-16(10-15)21-11-14-6-3-2-4-7-14/h2-10,18-19H,11-13H2,1H3. The lowest BCUT2D eigenvalue weighted by Gasteiger charge is -2.25. The van der Waals surface area contributed by atoms with E-state index in [1.54, 1.807) is 18.2 Å². The monoisotopic (exact) mass is 288 g/mol. The van der Waals surface area contributed by atoms with Gasteiger partial charge in [0, 0.05) is 7.11 Å². The molecule has 21 heavy (non-hydrogen) atoms. The number of methoxy groups -OCH3 is 1. The topological polar surface area (TPSA) is 58.9 Å². The van der Waals surface area contributed by atoms with Crippen LogP contribution >= 0.6 is 0 Å². The molecule has 0 spiro atoms. The molecule has 0 aliphatic rings. The molecule has 2 aromatic carbocycles. The normalized spacial score (nSPS) is 13.7. The van der Waals surface area contributed by atoms with Crippen LogP contribution in [0.5, 0.6) is 5.75 Å². The molecule has 0 amide bonds. The van der Waals surface area contributed by atoms with Crippen LogP contribution in [0.25, 0.3) is 0 Å². The first kappa shape index (κ1) is 15.5. The van der Waals surface area contributed by atoms with E-state index in [0.717, 1.165) is 5.56 Å². The number of hydrogen-bond donors (Lipinski definition) is 2. The second-order valence-corrected chi connectivity index (χ2v) is 4.92. The van der Waals surface area contributed by atoms with Gasteiger partial charge in [-0.05, 0) is 23.3 Å². The number of aliphatic hydroxyl groups is 2. The van der Waals surface area contributed by atoms with Gasteiger partial charge in [0.15, 0.2) is 0 Å². The van der Waals surface area contributed by atoms with Crippen molar-refractivity contribution in [1.82, 2.24) is 0 Å². The Morgan fingerprint density at radius 1 is 1.05 bits per heavy atom. The SMILES string of the molecule is COCC(O)(CO)c1cccc(OCc2ccccc2)c1. The summed E-state index contributed by atoms with van der Waals surface area (Å²) in [6.07, 6.45) is 0. The van der Waals surface area contributed by atoms with Crippen molar-refractivity contribution in [3.63, 3.8) is 0 Å². The molecule has 0 saturated carbocycles. The van der Waals surface area contributed by atoms with Gasteiger partial charge in [-0.3, -0.25) is 0 Å². The molecule has 0 bridgehead atoms. The molecule has 0 aliphatic heterocycles. The molecule has 0 heterocycles. The lowest BCUT2D eigenvalue weighted by atomic mass is 9.95. The van der Waals surface area contributed by atoms with Crippen LogP contribution in [0.15, 0.2) is 54.6 Å². The molecule has 2 aromatic rings. The Morgan fingerprint density at radius 3 is 2.48 bits per heavy atom. The van der Waals surface area contributed by atoms with Gasteiger partial charge in [-0.1, -0.05) is 42.5 Å². The minimum absolute atomic E-state index is 0.0195. The molecule has 2 rings (SSSR count). The van der Waals surface area contributed by atoms with Gasteiger partial charge in [-0.15, -0.1) is 0 Å². The summed E-state index contributed by atoms with van der Waals surface area (Å²) >= 11 is 0. The van der Waals surface area contributed by atoms with Crippen LogP contribution in [0.4, 0.5) is 0 Å². The van der Waals surface area contributed by atoms with Crippen LogP contribution in [0.2, 0.25) is 0 Å². The number of rotatable bonds is 7. The van der Waals surface area contributed by atoms with E-state index in [1.165, 1.54) is 7.11 Å². The summed E-state index contributed by atoms with van der Waals surface area (Å²) in [4.78, 5) is 0. The van der Waals surface area contributed by atoms with Crippen molar-refractivity contribution in [2.24, 2.45) is 0 Å². The van der Waals surface area contributed by atoms with Crippen LogP contribution in [0.3, 0.4) is 0 Å². The van der Waals surface area contributed by atoms with Gasteiger partial charge in [0.2, 0.25) is 0 Å². The van der Waals surface area contributed by atoms with Gasteiger partial charge in [0.05, 0.1) is 13.2 Å². The summed E-state index contributed by atoms with van der Waals surface area (Å²) in [6, 6.07) is 16.9. The van der Waals surface area contributed by atoms with E-state index in [2.05, 4.69) is 0 Å². The maximum Gasteiger partial charge on any atom is 0.136 e. The quantitative estimate of drug-likeness (QED) is 0.819. The average molecular weight is 288 g/mol. The Bertz CT molecular complexity index is 556. The first-order valence-corrected chi connectivity index (χ1v) is 6.77.